The number of thiophene rings is 1. The van der Waals surface area contributed by atoms with Crippen LogP contribution in [0, 0.1) is 6.92 Å². The van der Waals surface area contributed by atoms with Gasteiger partial charge in [0.15, 0.2) is 0 Å². The van der Waals surface area contributed by atoms with Gasteiger partial charge in [-0.1, -0.05) is 0 Å². The van der Waals surface area contributed by atoms with Crippen molar-refractivity contribution in [1.29, 1.82) is 0 Å². The first-order valence-electron chi connectivity index (χ1n) is 4.17. The highest BCUT2D eigenvalue weighted by atomic mass is 32.1. The van der Waals surface area contributed by atoms with Crippen molar-refractivity contribution in [3.8, 4) is 0 Å². The zero-order valence-corrected chi connectivity index (χ0v) is 8.70. The van der Waals surface area contributed by atoms with Crippen LogP contribution in [0.3, 0.4) is 0 Å². The second-order valence-corrected chi connectivity index (χ2v) is 3.60. The third kappa shape index (κ3) is 3.16. The van der Waals surface area contributed by atoms with Crippen LogP contribution in [0.5, 0.6) is 0 Å². The summed E-state index contributed by atoms with van der Waals surface area (Å²) in [7, 11) is 1.64. The van der Waals surface area contributed by atoms with Crippen molar-refractivity contribution in [3.63, 3.8) is 0 Å². The number of nitrogens with one attached hydrogen (secondary N) is 2. The highest BCUT2D eigenvalue weighted by molar-refractivity contribution is 7.08. The first-order chi connectivity index (χ1) is 6.24. The second kappa shape index (κ2) is 4.99. The molecule has 0 radical (unpaired) electrons. The van der Waals surface area contributed by atoms with Crippen molar-refractivity contribution in [2.45, 2.75) is 13.5 Å². The van der Waals surface area contributed by atoms with Crippen LogP contribution in [-0.2, 0) is 11.3 Å². The number of carbonyl (C=O) groups is 1. The summed E-state index contributed by atoms with van der Waals surface area (Å²) >= 11 is 1.69. The normalized spacial score (nSPS) is 10.0. The Bertz CT molecular complexity index is 283. The van der Waals surface area contributed by atoms with Crippen LogP contribution in [0.2, 0.25) is 0 Å². The lowest BCUT2D eigenvalue weighted by atomic mass is 10.2. The Morgan fingerprint density at radius 2 is 2.31 bits per heavy atom. The maximum absolute atomic E-state index is 10.9. The number of hydrogen-bond donors (Lipinski definition) is 2. The van der Waals surface area contributed by atoms with Gasteiger partial charge in [-0.3, -0.25) is 4.79 Å². The van der Waals surface area contributed by atoms with Crippen LogP contribution >= 0.6 is 11.3 Å². The minimum atomic E-state index is 0.0212. The molecule has 0 saturated heterocycles. The molecule has 0 spiro atoms. The molecule has 0 bridgehead atoms. The van der Waals surface area contributed by atoms with E-state index in [0.29, 0.717) is 6.54 Å². The Labute approximate surface area is 82.2 Å². The fourth-order valence-corrected chi connectivity index (χ4v) is 1.82. The number of aryl methyl sites for hydroxylation is 1. The average molecular weight is 198 g/mol. The zero-order valence-electron chi connectivity index (χ0n) is 7.89. The largest absolute Gasteiger partial charge is 0.358 e. The van der Waals surface area contributed by atoms with Gasteiger partial charge in [-0.25, -0.2) is 0 Å². The lowest BCUT2D eigenvalue weighted by molar-refractivity contribution is -0.119. The van der Waals surface area contributed by atoms with E-state index in [1.807, 2.05) is 0 Å². The summed E-state index contributed by atoms with van der Waals surface area (Å²) in [5.74, 6) is 0.0212. The SMILES string of the molecule is CNC(=O)CNCc1cscc1C. The van der Waals surface area contributed by atoms with Gasteiger partial charge in [-0.2, -0.15) is 11.3 Å². The highest BCUT2D eigenvalue weighted by Crippen LogP contribution is 2.12. The fraction of sp³-hybridized carbons (Fsp3) is 0.444. The van der Waals surface area contributed by atoms with Crippen molar-refractivity contribution < 1.29 is 4.79 Å². The van der Waals surface area contributed by atoms with E-state index in [0.717, 1.165) is 6.54 Å². The average Bonchev–Trinajstić information content (AvgIpc) is 2.52. The van der Waals surface area contributed by atoms with Gasteiger partial charge in [0, 0.05) is 13.6 Å². The van der Waals surface area contributed by atoms with Crippen LogP contribution < -0.4 is 10.6 Å². The lowest BCUT2D eigenvalue weighted by Crippen LogP contribution is -2.30. The summed E-state index contributed by atoms with van der Waals surface area (Å²) < 4.78 is 0. The molecule has 0 aliphatic rings. The summed E-state index contributed by atoms with van der Waals surface area (Å²) in [5, 5.41) is 9.85. The Hall–Kier alpha value is -0.870. The van der Waals surface area contributed by atoms with Gasteiger partial charge >= 0.3 is 0 Å². The first-order valence-corrected chi connectivity index (χ1v) is 5.11. The van der Waals surface area contributed by atoms with E-state index >= 15 is 0 Å². The molecule has 0 aliphatic heterocycles. The van der Waals surface area contributed by atoms with Crippen LogP contribution in [0.15, 0.2) is 10.8 Å². The molecule has 13 heavy (non-hydrogen) atoms. The number of carbonyl (C=O) groups excluding carboxylic acids is 1. The molecule has 0 fully saturated rings. The van der Waals surface area contributed by atoms with E-state index in [-0.39, 0.29) is 5.91 Å². The standard InChI is InChI=1S/C9H14N2OS/c1-7-5-13-6-8(7)3-11-4-9(12)10-2/h5-6,11H,3-4H2,1-2H3,(H,10,12). The summed E-state index contributed by atoms with van der Waals surface area (Å²) in [5.41, 5.74) is 2.56. The predicted molar refractivity (Wildman–Crippen MR) is 54.8 cm³/mol. The third-order valence-corrected chi connectivity index (χ3v) is 2.75. The van der Waals surface area contributed by atoms with Gasteiger partial charge in [0.25, 0.3) is 0 Å². The number of amides is 1. The Balaban J connectivity index is 2.28. The van der Waals surface area contributed by atoms with Crippen LogP contribution in [0.25, 0.3) is 0 Å². The molecule has 72 valence electrons. The number of likely N-dealkylation sites (N-methyl/N-ethyl adjacent to an activating group) is 1. The first kappa shape index (κ1) is 10.2. The lowest BCUT2D eigenvalue weighted by Gasteiger charge is -2.02. The van der Waals surface area contributed by atoms with Crippen LogP contribution in [0.4, 0.5) is 0 Å². The molecule has 1 aromatic heterocycles. The van der Waals surface area contributed by atoms with Gasteiger partial charge in [-0.05, 0) is 28.8 Å². The van der Waals surface area contributed by atoms with Gasteiger partial charge < -0.3 is 10.6 Å². The second-order valence-electron chi connectivity index (χ2n) is 2.86. The smallest absolute Gasteiger partial charge is 0.233 e. The van der Waals surface area contributed by atoms with E-state index in [4.69, 9.17) is 0 Å². The number of hydrogen-bond acceptors (Lipinski definition) is 3. The monoisotopic (exact) mass is 198 g/mol. The maximum atomic E-state index is 10.9. The van der Waals surface area contributed by atoms with E-state index in [2.05, 4.69) is 28.3 Å². The molecule has 2 N–H and O–H groups in total. The molecule has 1 amide bonds. The fourth-order valence-electron chi connectivity index (χ4n) is 0.967. The van der Waals surface area contributed by atoms with Crippen LogP contribution in [0.1, 0.15) is 11.1 Å². The highest BCUT2D eigenvalue weighted by Gasteiger charge is 2.00. The van der Waals surface area contributed by atoms with Crippen LogP contribution in [-0.4, -0.2) is 19.5 Å². The van der Waals surface area contributed by atoms with Crippen molar-refractivity contribution in [2.75, 3.05) is 13.6 Å². The van der Waals surface area contributed by atoms with Crippen molar-refractivity contribution in [3.05, 3.63) is 21.9 Å². The quantitative estimate of drug-likeness (QED) is 0.754. The molecule has 4 heteroatoms. The molecular formula is C9H14N2OS. The molecule has 0 aromatic carbocycles. The summed E-state index contributed by atoms with van der Waals surface area (Å²) in [6.45, 7) is 3.22. The molecular weight excluding hydrogens is 184 g/mol. The topological polar surface area (TPSA) is 41.1 Å². The Kier molecular flexibility index (Phi) is 3.92. The molecule has 0 aliphatic carbocycles. The van der Waals surface area contributed by atoms with Gasteiger partial charge in [0.1, 0.15) is 0 Å². The Morgan fingerprint density at radius 1 is 1.54 bits per heavy atom. The molecule has 3 nitrogen and oxygen atoms in total. The van der Waals surface area contributed by atoms with E-state index < -0.39 is 0 Å². The maximum Gasteiger partial charge on any atom is 0.233 e. The van der Waals surface area contributed by atoms with E-state index in [1.165, 1.54) is 11.1 Å². The molecule has 0 saturated carbocycles. The van der Waals surface area contributed by atoms with E-state index in [1.54, 1.807) is 18.4 Å². The van der Waals surface area contributed by atoms with E-state index in [9.17, 15) is 4.79 Å². The molecule has 1 rings (SSSR count). The minimum absolute atomic E-state index is 0.0212. The zero-order chi connectivity index (χ0) is 9.68. The van der Waals surface area contributed by atoms with Crippen molar-refractivity contribution in [2.24, 2.45) is 0 Å². The molecule has 1 heterocycles. The molecule has 1 aromatic rings. The van der Waals surface area contributed by atoms with Crippen molar-refractivity contribution >= 4 is 17.2 Å². The third-order valence-electron chi connectivity index (χ3n) is 1.84. The van der Waals surface area contributed by atoms with Crippen molar-refractivity contribution in [1.82, 2.24) is 10.6 Å². The van der Waals surface area contributed by atoms with Gasteiger partial charge in [-0.15, -0.1) is 0 Å². The summed E-state index contributed by atoms with van der Waals surface area (Å²) in [6, 6.07) is 0. The molecule has 0 unspecified atom stereocenters. The minimum Gasteiger partial charge on any atom is -0.358 e. The predicted octanol–water partition coefficient (Wildman–Crippen LogP) is 0.892. The van der Waals surface area contributed by atoms with Gasteiger partial charge in [0.2, 0.25) is 5.91 Å². The summed E-state index contributed by atoms with van der Waals surface area (Å²) in [4.78, 5) is 10.9. The summed E-state index contributed by atoms with van der Waals surface area (Å²) in [6.07, 6.45) is 0. The Morgan fingerprint density at radius 3 is 2.85 bits per heavy atom. The number of rotatable bonds is 4. The molecule has 0 atom stereocenters. The van der Waals surface area contributed by atoms with Gasteiger partial charge in [0.05, 0.1) is 6.54 Å².